The molecule has 6 heteroatoms. The molecular weight excluding hydrogens is 384 g/mol. The molecule has 0 amide bonds. The first-order valence-electron chi connectivity index (χ1n) is 5.78. The van der Waals surface area contributed by atoms with E-state index in [4.69, 9.17) is 34.8 Å². The van der Waals surface area contributed by atoms with E-state index in [1.807, 2.05) is 12.1 Å². The van der Waals surface area contributed by atoms with Crippen molar-refractivity contribution in [2.75, 3.05) is 11.9 Å². The summed E-state index contributed by atoms with van der Waals surface area (Å²) >= 11 is 21.3. The summed E-state index contributed by atoms with van der Waals surface area (Å²) in [4.78, 5) is 0. The van der Waals surface area contributed by atoms with Crippen molar-refractivity contribution in [3.63, 3.8) is 0 Å². The van der Waals surface area contributed by atoms with Crippen LogP contribution in [-0.4, -0.2) is 11.7 Å². The Balaban J connectivity index is 2.26. The van der Waals surface area contributed by atoms with E-state index in [0.717, 1.165) is 15.7 Å². The quantitative estimate of drug-likeness (QED) is 0.711. The summed E-state index contributed by atoms with van der Waals surface area (Å²) in [6, 6.07) is 10.3. The van der Waals surface area contributed by atoms with E-state index in [0.29, 0.717) is 15.1 Å². The molecule has 0 heterocycles. The SMILES string of the molecule is OCC(Nc1ccc(Cl)c(Br)c1)c1ccc(Cl)cc1Cl. The van der Waals surface area contributed by atoms with E-state index in [2.05, 4.69) is 21.2 Å². The number of anilines is 1. The summed E-state index contributed by atoms with van der Waals surface area (Å²) in [6.45, 7) is -0.0956. The van der Waals surface area contributed by atoms with Crippen LogP contribution in [0.15, 0.2) is 40.9 Å². The summed E-state index contributed by atoms with van der Waals surface area (Å²) in [5.41, 5.74) is 1.61. The van der Waals surface area contributed by atoms with Crippen molar-refractivity contribution in [1.82, 2.24) is 0 Å². The van der Waals surface area contributed by atoms with Crippen molar-refractivity contribution in [3.05, 3.63) is 61.5 Å². The van der Waals surface area contributed by atoms with Gasteiger partial charge in [0.2, 0.25) is 0 Å². The molecule has 2 aromatic rings. The molecule has 0 saturated heterocycles. The fourth-order valence-electron chi connectivity index (χ4n) is 1.79. The summed E-state index contributed by atoms with van der Waals surface area (Å²) in [5, 5.41) is 14.5. The van der Waals surface area contributed by atoms with Gasteiger partial charge in [-0.05, 0) is 51.8 Å². The van der Waals surface area contributed by atoms with Gasteiger partial charge in [-0.25, -0.2) is 0 Å². The number of hydrogen-bond acceptors (Lipinski definition) is 2. The van der Waals surface area contributed by atoms with Gasteiger partial charge in [-0.15, -0.1) is 0 Å². The van der Waals surface area contributed by atoms with Crippen LogP contribution in [0.25, 0.3) is 0 Å². The van der Waals surface area contributed by atoms with Crippen LogP contribution in [0.3, 0.4) is 0 Å². The lowest BCUT2D eigenvalue weighted by atomic mass is 10.1. The van der Waals surface area contributed by atoms with E-state index >= 15 is 0 Å². The Bertz CT molecular complexity index is 621. The second kappa shape index (κ2) is 7.01. The van der Waals surface area contributed by atoms with Crippen molar-refractivity contribution in [2.24, 2.45) is 0 Å². The Labute approximate surface area is 140 Å². The van der Waals surface area contributed by atoms with Gasteiger partial charge in [-0.1, -0.05) is 40.9 Å². The number of hydrogen-bond donors (Lipinski definition) is 2. The third-order valence-electron chi connectivity index (χ3n) is 2.78. The molecule has 0 aliphatic rings. The predicted molar refractivity (Wildman–Crippen MR) is 89.1 cm³/mol. The van der Waals surface area contributed by atoms with Gasteiger partial charge in [0.15, 0.2) is 0 Å². The molecule has 2 nitrogen and oxygen atoms in total. The van der Waals surface area contributed by atoms with Crippen molar-refractivity contribution in [3.8, 4) is 0 Å². The largest absolute Gasteiger partial charge is 0.394 e. The molecule has 1 unspecified atom stereocenters. The minimum absolute atomic E-state index is 0.0956. The third-order valence-corrected chi connectivity index (χ3v) is 4.56. The topological polar surface area (TPSA) is 32.3 Å². The van der Waals surface area contributed by atoms with Crippen molar-refractivity contribution < 1.29 is 5.11 Å². The van der Waals surface area contributed by atoms with E-state index in [9.17, 15) is 5.11 Å². The number of nitrogens with one attached hydrogen (secondary N) is 1. The van der Waals surface area contributed by atoms with Crippen LogP contribution in [0.1, 0.15) is 11.6 Å². The summed E-state index contributed by atoms with van der Waals surface area (Å²) in [6.07, 6.45) is 0. The highest BCUT2D eigenvalue weighted by molar-refractivity contribution is 9.10. The van der Waals surface area contributed by atoms with Crippen LogP contribution in [0.4, 0.5) is 5.69 Å². The van der Waals surface area contributed by atoms with Crippen LogP contribution in [0, 0.1) is 0 Å². The zero-order chi connectivity index (χ0) is 14.7. The Hall–Kier alpha value is -0.450. The molecule has 2 aromatic carbocycles. The van der Waals surface area contributed by atoms with E-state index < -0.39 is 0 Å². The van der Waals surface area contributed by atoms with Crippen molar-refractivity contribution in [2.45, 2.75) is 6.04 Å². The minimum atomic E-state index is -0.326. The highest BCUT2D eigenvalue weighted by Crippen LogP contribution is 2.31. The molecule has 0 bridgehead atoms. The van der Waals surface area contributed by atoms with Gasteiger partial charge in [-0.2, -0.15) is 0 Å². The van der Waals surface area contributed by atoms with Gasteiger partial charge in [0.05, 0.1) is 17.7 Å². The number of aliphatic hydroxyl groups excluding tert-OH is 1. The first-order chi connectivity index (χ1) is 9.51. The van der Waals surface area contributed by atoms with Crippen LogP contribution < -0.4 is 5.32 Å². The maximum Gasteiger partial charge on any atom is 0.0759 e. The Kier molecular flexibility index (Phi) is 5.58. The lowest BCUT2D eigenvalue weighted by Gasteiger charge is -2.19. The molecule has 0 spiro atoms. The first kappa shape index (κ1) is 15.9. The zero-order valence-electron chi connectivity index (χ0n) is 10.2. The molecule has 20 heavy (non-hydrogen) atoms. The molecule has 106 valence electrons. The van der Waals surface area contributed by atoms with Crippen LogP contribution in [0.5, 0.6) is 0 Å². The Morgan fingerprint density at radius 3 is 2.40 bits per heavy atom. The summed E-state index contributed by atoms with van der Waals surface area (Å²) < 4.78 is 0.781. The molecule has 0 radical (unpaired) electrons. The fraction of sp³-hybridized carbons (Fsp3) is 0.143. The Morgan fingerprint density at radius 1 is 1.05 bits per heavy atom. The molecule has 2 N–H and O–H groups in total. The molecule has 1 atom stereocenters. The molecule has 0 aromatic heterocycles. The number of halogens is 4. The van der Waals surface area contributed by atoms with Crippen LogP contribution >= 0.6 is 50.7 Å². The Morgan fingerprint density at radius 2 is 1.80 bits per heavy atom. The second-order valence-corrected chi connectivity index (χ2v) is 6.28. The first-order valence-corrected chi connectivity index (χ1v) is 7.71. The maximum atomic E-state index is 9.57. The lowest BCUT2D eigenvalue weighted by molar-refractivity contribution is 0.276. The lowest BCUT2D eigenvalue weighted by Crippen LogP contribution is -2.15. The van der Waals surface area contributed by atoms with Gasteiger partial charge in [0.1, 0.15) is 0 Å². The number of rotatable bonds is 4. The van der Waals surface area contributed by atoms with Gasteiger partial charge in [0, 0.05) is 20.2 Å². The summed E-state index contributed by atoms with van der Waals surface area (Å²) in [5.74, 6) is 0. The van der Waals surface area contributed by atoms with Crippen LogP contribution in [0.2, 0.25) is 15.1 Å². The number of benzene rings is 2. The van der Waals surface area contributed by atoms with Crippen LogP contribution in [-0.2, 0) is 0 Å². The molecule has 2 rings (SSSR count). The predicted octanol–water partition coefficient (Wildman–Crippen LogP) is 5.55. The smallest absolute Gasteiger partial charge is 0.0759 e. The third kappa shape index (κ3) is 3.80. The fourth-order valence-corrected chi connectivity index (χ4v) is 2.83. The van der Waals surface area contributed by atoms with Crippen molar-refractivity contribution >= 4 is 56.4 Å². The molecule has 0 fully saturated rings. The highest BCUT2D eigenvalue weighted by Gasteiger charge is 2.14. The maximum absolute atomic E-state index is 9.57. The molecule has 0 saturated carbocycles. The van der Waals surface area contributed by atoms with Crippen molar-refractivity contribution in [1.29, 1.82) is 0 Å². The van der Waals surface area contributed by atoms with Gasteiger partial charge >= 0.3 is 0 Å². The minimum Gasteiger partial charge on any atom is -0.394 e. The standard InChI is InChI=1S/C14H11BrCl3NO/c15-11-6-9(2-4-12(11)17)19-14(7-20)10-3-1-8(16)5-13(10)18/h1-6,14,19-20H,7H2. The molecule has 0 aliphatic heterocycles. The molecular formula is C14H11BrCl3NO. The highest BCUT2D eigenvalue weighted by atomic mass is 79.9. The second-order valence-electron chi connectivity index (χ2n) is 4.17. The van der Waals surface area contributed by atoms with Gasteiger partial charge in [-0.3, -0.25) is 0 Å². The monoisotopic (exact) mass is 393 g/mol. The molecule has 0 aliphatic carbocycles. The average Bonchev–Trinajstić information content (AvgIpc) is 2.41. The van der Waals surface area contributed by atoms with E-state index in [-0.39, 0.29) is 12.6 Å². The zero-order valence-corrected chi connectivity index (χ0v) is 14.1. The average molecular weight is 396 g/mol. The van der Waals surface area contributed by atoms with Gasteiger partial charge in [0.25, 0.3) is 0 Å². The van der Waals surface area contributed by atoms with E-state index in [1.54, 1.807) is 24.3 Å². The summed E-state index contributed by atoms with van der Waals surface area (Å²) in [7, 11) is 0. The van der Waals surface area contributed by atoms with Gasteiger partial charge < -0.3 is 10.4 Å². The van der Waals surface area contributed by atoms with E-state index in [1.165, 1.54) is 0 Å². The normalized spacial score (nSPS) is 12.2. The number of aliphatic hydroxyl groups is 1.